The van der Waals surface area contributed by atoms with Gasteiger partial charge in [0.1, 0.15) is 6.04 Å². The number of hydrogen-bond acceptors (Lipinski definition) is 4. The Hall–Kier alpha value is -2.17. The number of rotatable bonds is 4. The summed E-state index contributed by atoms with van der Waals surface area (Å²) in [6.07, 6.45) is 5.65. The Kier molecular flexibility index (Phi) is 3.21. The maximum absolute atomic E-state index is 12.4. The molecule has 2 aliphatic rings. The second kappa shape index (κ2) is 5.23. The fourth-order valence-electron chi connectivity index (χ4n) is 2.99. The summed E-state index contributed by atoms with van der Waals surface area (Å²) in [5.74, 6) is 1.62. The van der Waals surface area contributed by atoms with Crippen LogP contribution >= 0.6 is 0 Å². The molecule has 0 aliphatic heterocycles. The van der Waals surface area contributed by atoms with Crippen LogP contribution in [-0.2, 0) is 12.8 Å². The molecule has 1 N–H and O–H groups in total. The summed E-state index contributed by atoms with van der Waals surface area (Å²) in [6, 6.07) is 5.70. The van der Waals surface area contributed by atoms with Crippen LogP contribution in [0.2, 0.25) is 0 Å². The monoisotopic (exact) mass is 297 g/mol. The summed E-state index contributed by atoms with van der Waals surface area (Å²) < 4.78 is 5.26. The quantitative estimate of drug-likeness (QED) is 0.942. The van der Waals surface area contributed by atoms with Gasteiger partial charge in [-0.05, 0) is 62.3 Å². The first-order valence-corrected chi connectivity index (χ1v) is 7.97. The van der Waals surface area contributed by atoms with E-state index in [1.54, 1.807) is 0 Å². The zero-order valence-electron chi connectivity index (χ0n) is 12.6. The van der Waals surface area contributed by atoms with Crippen molar-refractivity contribution < 1.29 is 9.32 Å². The van der Waals surface area contributed by atoms with E-state index in [0.29, 0.717) is 17.4 Å². The first kappa shape index (κ1) is 13.5. The van der Waals surface area contributed by atoms with Crippen molar-refractivity contribution in [2.24, 2.45) is 0 Å². The number of aromatic nitrogens is 2. The molecule has 5 nitrogen and oxygen atoms in total. The van der Waals surface area contributed by atoms with E-state index < -0.39 is 0 Å². The van der Waals surface area contributed by atoms with E-state index in [2.05, 4.69) is 21.5 Å². The fourth-order valence-corrected chi connectivity index (χ4v) is 2.99. The first-order chi connectivity index (χ1) is 10.7. The van der Waals surface area contributed by atoms with Gasteiger partial charge in [0.25, 0.3) is 5.91 Å². The van der Waals surface area contributed by atoms with Crippen molar-refractivity contribution in [3.63, 3.8) is 0 Å². The summed E-state index contributed by atoms with van der Waals surface area (Å²) in [7, 11) is 0. The van der Waals surface area contributed by atoms with Gasteiger partial charge >= 0.3 is 0 Å². The van der Waals surface area contributed by atoms with Crippen LogP contribution in [0.3, 0.4) is 0 Å². The molecule has 22 heavy (non-hydrogen) atoms. The molecule has 2 aromatic rings. The molecule has 5 heteroatoms. The molecule has 4 rings (SSSR count). The summed E-state index contributed by atoms with van der Waals surface area (Å²) in [5, 5.41) is 6.93. The number of aryl methyl sites for hydroxylation is 2. The highest BCUT2D eigenvalue weighted by molar-refractivity contribution is 5.94. The maximum Gasteiger partial charge on any atom is 0.251 e. The Morgan fingerprint density at radius 3 is 2.95 bits per heavy atom. The largest absolute Gasteiger partial charge is 0.341 e. The van der Waals surface area contributed by atoms with Crippen molar-refractivity contribution in [1.82, 2.24) is 15.5 Å². The highest BCUT2D eigenvalue weighted by Crippen LogP contribution is 2.38. The Balaban J connectivity index is 1.46. The van der Waals surface area contributed by atoms with Crippen LogP contribution in [0.5, 0.6) is 0 Å². The number of carbonyl (C=O) groups is 1. The minimum absolute atomic E-state index is 0.0895. The van der Waals surface area contributed by atoms with Gasteiger partial charge in [-0.1, -0.05) is 11.2 Å². The molecule has 1 amide bonds. The molecule has 1 aromatic heterocycles. The molecule has 0 bridgehead atoms. The van der Waals surface area contributed by atoms with Gasteiger partial charge in [0, 0.05) is 11.5 Å². The normalized spacial score (nSPS) is 18.0. The third kappa shape index (κ3) is 2.51. The van der Waals surface area contributed by atoms with Crippen molar-refractivity contribution in [2.75, 3.05) is 0 Å². The lowest BCUT2D eigenvalue weighted by atomic mass is 10.1. The van der Waals surface area contributed by atoms with Crippen molar-refractivity contribution in [1.29, 1.82) is 0 Å². The predicted molar refractivity (Wildman–Crippen MR) is 80.6 cm³/mol. The average molecular weight is 297 g/mol. The summed E-state index contributed by atoms with van der Waals surface area (Å²) in [5.41, 5.74) is 3.37. The van der Waals surface area contributed by atoms with Crippen LogP contribution in [0, 0.1) is 0 Å². The Bertz CT molecular complexity index is 718. The lowest BCUT2D eigenvalue weighted by molar-refractivity contribution is 0.0932. The maximum atomic E-state index is 12.4. The van der Waals surface area contributed by atoms with Crippen LogP contribution in [0.1, 0.15) is 71.3 Å². The second-order valence-corrected chi connectivity index (χ2v) is 6.30. The highest BCUT2D eigenvalue weighted by Gasteiger charge is 2.30. The van der Waals surface area contributed by atoms with Gasteiger partial charge in [0.15, 0.2) is 5.82 Å². The third-order valence-corrected chi connectivity index (χ3v) is 4.48. The van der Waals surface area contributed by atoms with E-state index in [9.17, 15) is 4.79 Å². The number of amides is 1. The molecule has 1 atom stereocenters. The minimum atomic E-state index is -0.277. The van der Waals surface area contributed by atoms with Gasteiger partial charge < -0.3 is 9.84 Å². The summed E-state index contributed by atoms with van der Waals surface area (Å²) >= 11 is 0. The molecule has 0 saturated heterocycles. The van der Waals surface area contributed by atoms with E-state index in [0.717, 1.165) is 31.5 Å². The zero-order chi connectivity index (χ0) is 15.1. The van der Waals surface area contributed by atoms with Crippen LogP contribution in [-0.4, -0.2) is 16.0 Å². The standard InChI is InChI=1S/C17H19N3O2/c1-10(17-19-15(20-22-17)12-6-7-12)18-16(21)14-8-5-11-3-2-4-13(11)9-14/h5,8-10,12H,2-4,6-7H2,1H3,(H,18,21)/t10-/m0/s1. The molecule has 1 saturated carbocycles. The van der Waals surface area contributed by atoms with Crippen molar-refractivity contribution >= 4 is 5.91 Å². The van der Waals surface area contributed by atoms with Crippen molar-refractivity contribution in [3.05, 3.63) is 46.6 Å². The van der Waals surface area contributed by atoms with Gasteiger partial charge in [0.2, 0.25) is 5.89 Å². The van der Waals surface area contributed by atoms with E-state index in [4.69, 9.17) is 4.52 Å². The second-order valence-electron chi connectivity index (χ2n) is 6.30. The Morgan fingerprint density at radius 1 is 1.32 bits per heavy atom. The molecule has 0 radical (unpaired) electrons. The number of benzene rings is 1. The molecule has 114 valence electrons. The molecule has 1 fully saturated rings. The molecule has 2 aliphatic carbocycles. The molecule has 0 unspecified atom stereocenters. The molecule has 0 spiro atoms. The lowest BCUT2D eigenvalue weighted by Crippen LogP contribution is -2.27. The van der Waals surface area contributed by atoms with Crippen molar-refractivity contribution in [2.45, 2.75) is 51.0 Å². The van der Waals surface area contributed by atoms with E-state index in [-0.39, 0.29) is 11.9 Å². The number of carbonyl (C=O) groups excluding carboxylic acids is 1. The fraction of sp³-hybridized carbons (Fsp3) is 0.471. The predicted octanol–water partition coefficient (Wildman–Crippen LogP) is 2.93. The molecular weight excluding hydrogens is 278 g/mol. The summed E-state index contributed by atoms with van der Waals surface area (Å²) in [6.45, 7) is 1.87. The molecular formula is C17H19N3O2. The number of nitrogens with one attached hydrogen (secondary N) is 1. The number of hydrogen-bond donors (Lipinski definition) is 1. The van der Waals surface area contributed by atoms with E-state index in [1.807, 2.05) is 19.1 Å². The van der Waals surface area contributed by atoms with Gasteiger partial charge in [-0.2, -0.15) is 4.98 Å². The lowest BCUT2D eigenvalue weighted by Gasteiger charge is -2.10. The van der Waals surface area contributed by atoms with E-state index in [1.165, 1.54) is 17.5 Å². The smallest absolute Gasteiger partial charge is 0.251 e. The van der Waals surface area contributed by atoms with Crippen LogP contribution in [0.25, 0.3) is 0 Å². The third-order valence-electron chi connectivity index (χ3n) is 4.48. The van der Waals surface area contributed by atoms with Gasteiger partial charge in [-0.3, -0.25) is 4.79 Å². The summed E-state index contributed by atoms with van der Waals surface area (Å²) in [4.78, 5) is 16.8. The molecule has 1 heterocycles. The van der Waals surface area contributed by atoms with Gasteiger partial charge in [-0.15, -0.1) is 0 Å². The Morgan fingerprint density at radius 2 is 2.14 bits per heavy atom. The zero-order valence-corrected chi connectivity index (χ0v) is 12.6. The van der Waals surface area contributed by atoms with Crippen molar-refractivity contribution in [3.8, 4) is 0 Å². The van der Waals surface area contributed by atoms with Gasteiger partial charge in [-0.25, -0.2) is 0 Å². The minimum Gasteiger partial charge on any atom is -0.341 e. The first-order valence-electron chi connectivity index (χ1n) is 7.97. The molecule has 1 aromatic carbocycles. The van der Waals surface area contributed by atoms with Crippen LogP contribution in [0.4, 0.5) is 0 Å². The Labute approximate surface area is 129 Å². The van der Waals surface area contributed by atoms with Crippen LogP contribution < -0.4 is 5.32 Å². The topological polar surface area (TPSA) is 68.0 Å². The van der Waals surface area contributed by atoms with E-state index >= 15 is 0 Å². The SMILES string of the molecule is C[C@H](NC(=O)c1ccc2c(c1)CCC2)c1nc(C2CC2)no1. The highest BCUT2D eigenvalue weighted by atomic mass is 16.5. The average Bonchev–Trinajstić information content (AvgIpc) is 3.07. The van der Waals surface area contributed by atoms with Crippen LogP contribution in [0.15, 0.2) is 22.7 Å². The number of fused-ring (bicyclic) bond motifs is 1. The van der Waals surface area contributed by atoms with Gasteiger partial charge in [0.05, 0.1) is 0 Å². The number of nitrogens with zero attached hydrogens (tertiary/aromatic N) is 2.